The van der Waals surface area contributed by atoms with Gasteiger partial charge < -0.3 is 19.7 Å². The van der Waals surface area contributed by atoms with Crippen LogP contribution in [0.5, 0.6) is 5.75 Å². The SMILES string of the molecule is COc1ccccc1CCC(=O)N[C@H]1CCc2c(c3cc(F)ccc3n2CC(=O)O)C1. The summed E-state index contributed by atoms with van der Waals surface area (Å²) in [6.07, 6.45) is 2.83. The maximum Gasteiger partial charge on any atom is 0.323 e. The molecule has 31 heavy (non-hydrogen) atoms. The number of aromatic nitrogens is 1. The molecule has 6 nitrogen and oxygen atoms in total. The number of nitrogens with one attached hydrogen (secondary N) is 1. The molecule has 0 spiro atoms. The molecule has 7 heteroatoms. The van der Waals surface area contributed by atoms with E-state index >= 15 is 0 Å². The Labute approximate surface area is 179 Å². The Balaban J connectivity index is 1.48. The summed E-state index contributed by atoms with van der Waals surface area (Å²) in [4.78, 5) is 23.9. The summed E-state index contributed by atoms with van der Waals surface area (Å²) in [6, 6.07) is 12.0. The molecule has 1 aliphatic carbocycles. The Hall–Kier alpha value is -3.35. The lowest BCUT2D eigenvalue weighted by atomic mass is 9.91. The first-order chi connectivity index (χ1) is 15.0. The van der Waals surface area contributed by atoms with Crippen molar-refractivity contribution in [2.75, 3.05) is 7.11 Å². The number of hydrogen-bond donors (Lipinski definition) is 2. The van der Waals surface area contributed by atoms with Crippen LogP contribution in [0.2, 0.25) is 0 Å². The highest BCUT2D eigenvalue weighted by Crippen LogP contribution is 2.33. The number of carbonyl (C=O) groups excluding carboxylic acids is 1. The zero-order chi connectivity index (χ0) is 22.0. The van der Waals surface area contributed by atoms with E-state index in [4.69, 9.17) is 4.74 Å². The lowest BCUT2D eigenvalue weighted by Crippen LogP contribution is -2.39. The van der Waals surface area contributed by atoms with Gasteiger partial charge in [0, 0.05) is 29.1 Å². The molecular formula is C24H25FN2O4. The van der Waals surface area contributed by atoms with Gasteiger partial charge in [-0.05, 0) is 61.1 Å². The highest BCUT2D eigenvalue weighted by atomic mass is 19.1. The zero-order valence-corrected chi connectivity index (χ0v) is 17.4. The van der Waals surface area contributed by atoms with Gasteiger partial charge in [-0.15, -0.1) is 0 Å². The van der Waals surface area contributed by atoms with Gasteiger partial charge in [0.15, 0.2) is 0 Å². The third-order valence-corrected chi connectivity index (χ3v) is 5.90. The molecule has 2 aromatic carbocycles. The summed E-state index contributed by atoms with van der Waals surface area (Å²) in [6.45, 7) is -0.159. The number of ether oxygens (including phenoxy) is 1. The number of carboxylic acid groups (broad SMARTS) is 1. The van der Waals surface area contributed by atoms with E-state index in [9.17, 15) is 19.1 Å². The fourth-order valence-corrected chi connectivity index (χ4v) is 4.52. The number of methoxy groups -OCH3 is 1. The molecule has 1 heterocycles. The number of benzene rings is 2. The summed E-state index contributed by atoms with van der Waals surface area (Å²) >= 11 is 0. The average Bonchev–Trinajstić information content (AvgIpc) is 3.04. The van der Waals surface area contributed by atoms with Crippen molar-refractivity contribution in [2.24, 2.45) is 0 Å². The van der Waals surface area contributed by atoms with Gasteiger partial charge in [-0.2, -0.15) is 0 Å². The molecule has 0 radical (unpaired) electrons. The normalized spacial score (nSPS) is 15.5. The van der Waals surface area contributed by atoms with E-state index in [1.165, 1.54) is 12.1 Å². The van der Waals surface area contributed by atoms with Gasteiger partial charge in [0.2, 0.25) is 5.91 Å². The quantitative estimate of drug-likeness (QED) is 0.609. The van der Waals surface area contributed by atoms with Crippen molar-refractivity contribution in [2.45, 2.75) is 44.7 Å². The van der Waals surface area contributed by atoms with Crippen molar-refractivity contribution >= 4 is 22.8 Å². The van der Waals surface area contributed by atoms with Crippen LogP contribution in [-0.4, -0.2) is 34.7 Å². The third-order valence-electron chi connectivity index (χ3n) is 5.90. The van der Waals surface area contributed by atoms with E-state index in [-0.39, 0.29) is 24.3 Å². The van der Waals surface area contributed by atoms with Crippen LogP contribution < -0.4 is 10.1 Å². The largest absolute Gasteiger partial charge is 0.496 e. The van der Waals surface area contributed by atoms with Crippen molar-refractivity contribution in [1.82, 2.24) is 9.88 Å². The first-order valence-electron chi connectivity index (χ1n) is 10.4. The predicted octanol–water partition coefficient (Wildman–Crippen LogP) is 3.48. The third kappa shape index (κ3) is 4.40. The second-order valence-corrected chi connectivity index (χ2v) is 7.89. The van der Waals surface area contributed by atoms with Crippen LogP contribution >= 0.6 is 0 Å². The number of carboxylic acids is 1. The molecule has 0 bridgehead atoms. The molecule has 1 amide bonds. The zero-order valence-electron chi connectivity index (χ0n) is 17.4. The van der Waals surface area contributed by atoms with Gasteiger partial charge in [0.25, 0.3) is 0 Å². The predicted molar refractivity (Wildman–Crippen MR) is 115 cm³/mol. The smallest absolute Gasteiger partial charge is 0.323 e. The number of hydrogen-bond acceptors (Lipinski definition) is 3. The molecule has 2 N–H and O–H groups in total. The number of halogens is 1. The molecule has 0 fully saturated rings. The van der Waals surface area contributed by atoms with Crippen LogP contribution in [0.4, 0.5) is 4.39 Å². The monoisotopic (exact) mass is 424 g/mol. The number of aryl methyl sites for hydroxylation is 1. The molecule has 1 aliphatic rings. The van der Waals surface area contributed by atoms with Crippen molar-refractivity contribution in [3.8, 4) is 5.75 Å². The van der Waals surface area contributed by atoms with Gasteiger partial charge in [-0.3, -0.25) is 9.59 Å². The molecular weight excluding hydrogens is 399 g/mol. The van der Waals surface area contributed by atoms with Gasteiger partial charge >= 0.3 is 5.97 Å². The van der Waals surface area contributed by atoms with E-state index in [2.05, 4.69) is 5.32 Å². The minimum Gasteiger partial charge on any atom is -0.496 e. The Kier molecular flexibility index (Phi) is 5.93. The molecule has 3 aromatic rings. The van der Waals surface area contributed by atoms with Gasteiger partial charge in [-0.1, -0.05) is 18.2 Å². The topological polar surface area (TPSA) is 80.6 Å². The number of carbonyl (C=O) groups is 2. The standard InChI is InChI=1S/C24H25FN2O4/c1-31-22-5-3-2-4-15(22)6-11-23(28)26-17-8-10-21-19(13-17)18-12-16(25)7-9-20(18)27(21)14-24(29)30/h2-5,7,9,12,17H,6,8,10-11,13-14H2,1H3,(H,26,28)(H,29,30)/t17-/m0/s1. The number of aliphatic carboxylic acids is 1. The fraction of sp³-hybridized carbons (Fsp3) is 0.333. The second-order valence-electron chi connectivity index (χ2n) is 7.89. The van der Waals surface area contributed by atoms with Crippen LogP contribution in [0.1, 0.15) is 29.7 Å². The maximum atomic E-state index is 13.9. The number of amides is 1. The Morgan fingerprint density at radius 2 is 2.06 bits per heavy atom. The van der Waals surface area contributed by atoms with Crippen molar-refractivity contribution in [3.05, 3.63) is 65.1 Å². The highest BCUT2D eigenvalue weighted by molar-refractivity contribution is 5.87. The van der Waals surface area contributed by atoms with E-state index in [0.717, 1.165) is 33.5 Å². The van der Waals surface area contributed by atoms with Crippen LogP contribution in [-0.2, 0) is 35.4 Å². The lowest BCUT2D eigenvalue weighted by molar-refractivity contribution is -0.137. The average molecular weight is 424 g/mol. The molecule has 4 rings (SSSR count). The van der Waals surface area contributed by atoms with Crippen molar-refractivity contribution < 1.29 is 23.8 Å². The van der Waals surface area contributed by atoms with E-state index < -0.39 is 5.97 Å². The molecule has 0 saturated carbocycles. The van der Waals surface area contributed by atoms with Crippen molar-refractivity contribution in [3.63, 3.8) is 0 Å². The number of fused-ring (bicyclic) bond motifs is 3. The molecule has 162 valence electrons. The van der Waals surface area contributed by atoms with Crippen LogP contribution in [0.25, 0.3) is 10.9 Å². The number of para-hydroxylation sites is 1. The summed E-state index contributed by atoms with van der Waals surface area (Å²) < 4.78 is 21.0. The van der Waals surface area contributed by atoms with Crippen LogP contribution in [0.15, 0.2) is 42.5 Å². The number of rotatable bonds is 7. The highest BCUT2D eigenvalue weighted by Gasteiger charge is 2.27. The first kappa shape index (κ1) is 20.9. The van der Waals surface area contributed by atoms with Gasteiger partial charge in [0.05, 0.1) is 7.11 Å². The van der Waals surface area contributed by atoms with Crippen LogP contribution in [0.3, 0.4) is 0 Å². The van der Waals surface area contributed by atoms with E-state index in [0.29, 0.717) is 32.1 Å². The van der Waals surface area contributed by atoms with Crippen LogP contribution in [0, 0.1) is 5.82 Å². The summed E-state index contributed by atoms with van der Waals surface area (Å²) in [5.74, 6) is -0.563. The van der Waals surface area contributed by atoms with Gasteiger partial charge in [-0.25, -0.2) is 4.39 Å². The maximum absolute atomic E-state index is 13.9. The first-order valence-corrected chi connectivity index (χ1v) is 10.4. The molecule has 0 unspecified atom stereocenters. The molecule has 1 atom stereocenters. The Bertz CT molecular complexity index is 1140. The molecule has 0 aliphatic heterocycles. The molecule has 0 saturated heterocycles. The van der Waals surface area contributed by atoms with E-state index in [1.807, 2.05) is 24.3 Å². The summed E-state index contributed by atoms with van der Waals surface area (Å²) in [5, 5.41) is 13.1. The van der Waals surface area contributed by atoms with Gasteiger partial charge in [0.1, 0.15) is 18.1 Å². The summed E-state index contributed by atoms with van der Waals surface area (Å²) in [5.41, 5.74) is 3.55. The van der Waals surface area contributed by atoms with Crippen molar-refractivity contribution in [1.29, 1.82) is 0 Å². The van der Waals surface area contributed by atoms with E-state index in [1.54, 1.807) is 17.7 Å². The Morgan fingerprint density at radius 3 is 2.84 bits per heavy atom. The Morgan fingerprint density at radius 1 is 1.26 bits per heavy atom. The number of nitrogens with zero attached hydrogens (tertiary/aromatic N) is 1. The minimum absolute atomic E-state index is 0.0418. The molecule has 1 aromatic heterocycles. The minimum atomic E-state index is -0.934. The summed E-state index contributed by atoms with van der Waals surface area (Å²) in [7, 11) is 1.61. The lowest BCUT2D eigenvalue weighted by Gasteiger charge is -2.25. The second kappa shape index (κ2) is 8.79. The fourth-order valence-electron chi connectivity index (χ4n) is 4.52.